The van der Waals surface area contributed by atoms with Gasteiger partial charge in [0.15, 0.2) is 17.4 Å². The average Bonchev–Trinajstić information content (AvgIpc) is 2.86. The Morgan fingerprint density at radius 3 is 2.52 bits per heavy atom. The number of hydrogen-bond donors (Lipinski definition) is 1. The van der Waals surface area contributed by atoms with Crippen molar-refractivity contribution in [3.63, 3.8) is 0 Å². The summed E-state index contributed by atoms with van der Waals surface area (Å²) in [5, 5.41) is 8.72. The highest BCUT2D eigenvalue weighted by Gasteiger charge is 2.17. The Morgan fingerprint density at radius 1 is 1.38 bits per heavy atom. The molecule has 0 bridgehead atoms. The molecule has 0 atom stereocenters. The summed E-state index contributed by atoms with van der Waals surface area (Å²) in [7, 11) is 0. The van der Waals surface area contributed by atoms with Gasteiger partial charge in [-0.25, -0.2) is 18.6 Å². The van der Waals surface area contributed by atoms with Crippen LogP contribution in [0.1, 0.15) is 35.9 Å². The standard InChI is InChI=1S/C14H14F2N2O3/c1-8(2)18-7-17-5-10(18)6-21-13-11(15)3-9(14(19)20)4-12(13)16/h3-5,7-8H,6H2,1-2H3,(H,19,20). The molecule has 1 heterocycles. The maximum atomic E-state index is 13.7. The third-order valence-corrected chi connectivity index (χ3v) is 2.91. The molecule has 1 N–H and O–H groups in total. The first-order valence-corrected chi connectivity index (χ1v) is 6.26. The van der Waals surface area contributed by atoms with Crippen LogP contribution < -0.4 is 4.74 Å². The van der Waals surface area contributed by atoms with E-state index in [2.05, 4.69) is 4.98 Å². The van der Waals surface area contributed by atoms with Gasteiger partial charge in [-0.1, -0.05) is 0 Å². The third-order valence-electron chi connectivity index (χ3n) is 2.91. The summed E-state index contributed by atoms with van der Waals surface area (Å²) in [5.41, 5.74) is 0.190. The highest BCUT2D eigenvalue weighted by molar-refractivity contribution is 5.87. The molecule has 0 saturated heterocycles. The molecule has 1 aromatic heterocycles. The molecule has 0 radical (unpaired) electrons. The normalized spacial score (nSPS) is 10.9. The molecule has 7 heteroatoms. The van der Waals surface area contributed by atoms with Crippen molar-refractivity contribution < 1.29 is 23.4 Å². The lowest BCUT2D eigenvalue weighted by Gasteiger charge is -2.13. The van der Waals surface area contributed by atoms with Gasteiger partial charge in [0.1, 0.15) is 6.61 Å². The fourth-order valence-corrected chi connectivity index (χ4v) is 1.88. The number of carbonyl (C=O) groups is 1. The van der Waals surface area contributed by atoms with Crippen molar-refractivity contribution in [3.8, 4) is 5.75 Å². The summed E-state index contributed by atoms with van der Waals surface area (Å²) < 4.78 is 34.4. The van der Waals surface area contributed by atoms with Gasteiger partial charge in [0.05, 0.1) is 23.8 Å². The van der Waals surface area contributed by atoms with Crippen molar-refractivity contribution in [2.24, 2.45) is 0 Å². The van der Waals surface area contributed by atoms with Gasteiger partial charge in [-0.05, 0) is 26.0 Å². The van der Waals surface area contributed by atoms with Crippen molar-refractivity contribution in [1.82, 2.24) is 9.55 Å². The molecule has 5 nitrogen and oxygen atoms in total. The Balaban J connectivity index is 2.20. The summed E-state index contributed by atoms with van der Waals surface area (Å²) >= 11 is 0. The number of benzene rings is 1. The van der Waals surface area contributed by atoms with Gasteiger partial charge in [-0.2, -0.15) is 0 Å². The van der Waals surface area contributed by atoms with Crippen molar-refractivity contribution in [2.75, 3.05) is 0 Å². The zero-order valence-electron chi connectivity index (χ0n) is 11.5. The quantitative estimate of drug-likeness (QED) is 0.921. The first kappa shape index (κ1) is 15.0. The van der Waals surface area contributed by atoms with E-state index in [-0.39, 0.29) is 12.6 Å². The van der Waals surface area contributed by atoms with E-state index < -0.39 is 28.9 Å². The molecular weight excluding hydrogens is 282 g/mol. The number of aromatic carboxylic acids is 1. The van der Waals surface area contributed by atoms with Crippen LogP contribution in [0.3, 0.4) is 0 Å². The number of ether oxygens (including phenoxy) is 1. The van der Waals surface area contributed by atoms with Crippen LogP contribution in [0.25, 0.3) is 0 Å². The van der Waals surface area contributed by atoms with E-state index in [9.17, 15) is 13.6 Å². The Labute approximate surface area is 119 Å². The van der Waals surface area contributed by atoms with Crippen LogP contribution in [0.15, 0.2) is 24.7 Å². The van der Waals surface area contributed by atoms with Crippen LogP contribution in [0.4, 0.5) is 8.78 Å². The summed E-state index contributed by atoms with van der Waals surface area (Å²) in [5.74, 6) is -4.11. The van der Waals surface area contributed by atoms with E-state index in [4.69, 9.17) is 9.84 Å². The monoisotopic (exact) mass is 296 g/mol. The van der Waals surface area contributed by atoms with Crippen LogP contribution in [-0.2, 0) is 6.61 Å². The lowest BCUT2D eigenvalue weighted by Crippen LogP contribution is -2.09. The minimum Gasteiger partial charge on any atom is -0.481 e. The highest BCUT2D eigenvalue weighted by atomic mass is 19.1. The number of hydrogen-bond acceptors (Lipinski definition) is 3. The molecule has 0 aliphatic heterocycles. The molecular formula is C14H14F2N2O3. The van der Waals surface area contributed by atoms with Gasteiger partial charge in [0, 0.05) is 6.04 Å². The number of carboxylic acid groups (broad SMARTS) is 1. The van der Waals surface area contributed by atoms with Gasteiger partial charge < -0.3 is 14.4 Å². The average molecular weight is 296 g/mol. The Kier molecular flexibility index (Phi) is 4.21. The molecule has 0 aliphatic rings. The summed E-state index contributed by atoms with van der Waals surface area (Å²) in [6.07, 6.45) is 3.14. The van der Waals surface area contributed by atoms with Gasteiger partial charge >= 0.3 is 5.97 Å². The highest BCUT2D eigenvalue weighted by Crippen LogP contribution is 2.24. The molecule has 0 amide bonds. The number of carboxylic acids is 1. The Hall–Kier alpha value is -2.44. The molecule has 2 rings (SSSR count). The van der Waals surface area contributed by atoms with Crippen molar-refractivity contribution in [1.29, 1.82) is 0 Å². The second-order valence-corrected chi connectivity index (χ2v) is 4.75. The lowest BCUT2D eigenvalue weighted by atomic mass is 10.2. The number of halogens is 2. The molecule has 21 heavy (non-hydrogen) atoms. The van der Waals surface area contributed by atoms with Crippen LogP contribution in [-0.4, -0.2) is 20.6 Å². The lowest BCUT2D eigenvalue weighted by molar-refractivity contribution is 0.0695. The van der Waals surface area contributed by atoms with Crippen molar-refractivity contribution >= 4 is 5.97 Å². The Morgan fingerprint density at radius 2 is 2.00 bits per heavy atom. The minimum atomic E-state index is -1.41. The van der Waals surface area contributed by atoms with Crippen LogP contribution in [0.5, 0.6) is 5.75 Å². The van der Waals surface area contributed by atoms with Crippen molar-refractivity contribution in [3.05, 3.63) is 47.5 Å². The topological polar surface area (TPSA) is 64.4 Å². The molecule has 0 fully saturated rings. The van der Waals surface area contributed by atoms with Gasteiger partial charge in [0.2, 0.25) is 0 Å². The smallest absolute Gasteiger partial charge is 0.335 e. The SMILES string of the molecule is CC(C)n1cncc1COc1c(F)cc(C(=O)O)cc1F. The van der Waals surface area contributed by atoms with Crippen LogP contribution >= 0.6 is 0 Å². The molecule has 2 aromatic rings. The number of nitrogens with zero attached hydrogens (tertiary/aromatic N) is 2. The van der Waals surface area contributed by atoms with E-state index in [1.54, 1.807) is 17.1 Å². The number of imidazole rings is 1. The molecule has 0 spiro atoms. The fraction of sp³-hybridized carbons (Fsp3) is 0.286. The molecule has 0 unspecified atom stereocenters. The van der Waals surface area contributed by atoms with Crippen LogP contribution in [0.2, 0.25) is 0 Å². The van der Waals surface area contributed by atoms with E-state index >= 15 is 0 Å². The molecule has 0 aliphatic carbocycles. The second kappa shape index (κ2) is 5.90. The predicted octanol–water partition coefficient (Wildman–Crippen LogP) is 3.02. The van der Waals surface area contributed by atoms with E-state index in [1.165, 1.54) is 0 Å². The maximum absolute atomic E-state index is 13.7. The molecule has 1 aromatic carbocycles. The van der Waals surface area contributed by atoms with E-state index in [1.807, 2.05) is 13.8 Å². The first-order chi connectivity index (χ1) is 9.90. The van der Waals surface area contributed by atoms with Crippen molar-refractivity contribution in [2.45, 2.75) is 26.5 Å². The van der Waals surface area contributed by atoms with Gasteiger partial charge in [-0.3, -0.25) is 0 Å². The predicted molar refractivity (Wildman–Crippen MR) is 70.3 cm³/mol. The minimum absolute atomic E-state index is 0.0710. The summed E-state index contributed by atoms with van der Waals surface area (Å²) in [6, 6.07) is 1.58. The number of aromatic nitrogens is 2. The first-order valence-electron chi connectivity index (χ1n) is 6.26. The summed E-state index contributed by atoms with van der Waals surface area (Å²) in [4.78, 5) is 14.7. The van der Waals surface area contributed by atoms with Gasteiger partial charge in [-0.15, -0.1) is 0 Å². The third kappa shape index (κ3) is 3.18. The van der Waals surface area contributed by atoms with E-state index in [0.29, 0.717) is 5.69 Å². The zero-order chi connectivity index (χ0) is 15.6. The molecule has 112 valence electrons. The maximum Gasteiger partial charge on any atom is 0.335 e. The van der Waals surface area contributed by atoms with E-state index in [0.717, 1.165) is 12.1 Å². The number of rotatable bonds is 5. The Bertz CT molecular complexity index is 645. The largest absolute Gasteiger partial charge is 0.481 e. The van der Waals surface area contributed by atoms with Crippen LogP contribution in [0, 0.1) is 11.6 Å². The fourth-order valence-electron chi connectivity index (χ4n) is 1.88. The zero-order valence-corrected chi connectivity index (χ0v) is 11.5. The summed E-state index contributed by atoms with van der Waals surface area (Å²) in [6.45, 7) is 3.81. The molecule has 0 saturated carbocycles. The second-order valence-electron chi connectivity index (χ2n) is 4.75. The van der Waals surface area contributed by atoms with Gasteiger partial charge in [0.25, 0.3) is 0 Å².